The number of benzene rings is 1. The maximum atomic E-state index is 14.7. The van der Waals surface area contributed by atoms with Gasteiger partial charge in [0.15, 0.2) is 5.78 Å². The number of ether oxygens (including phenoxy) is 2. The van der Waals surface area contributed by atoms with Gasteiger partial charge in [-0.2, -0.15) is 4.98 Å². The van der Waals surface area contributed by atoms with E-state index >= 15 is 0 Å². The lowest BCUT2D eigenvalue weighted by Crippen LogP contribution is -2.53. The second-order valence-corrected chi connectivity index (χ2v) is 22.2. The van der Waals surface area contributed by atoms with Gasteiger partial charge in [0.05, 0.1) is 39.0 Å². The molecule has 8 rings (SSSR count). The third-order valence-electron chi connectivity index (χ3n) is 12.7. The van der Waals surface area contributed by atoms with Crippen molar-refractivity contribution in [1.82, 2.24) is 29.5 Å². The number of allylic oxidation sites excluding steroid dienone is 2. The van der Waals surface area contributed by atoms with Crippen LogP contribution in [0.5, 0.6) is 6.01 Å². The Morgan fingerprint density at radius 1 is 1.05 bits per heavy atom. The van der Waals surface area contributed by atoms with Crippen molar-refractivity contribution in [2.24, 2.45) is 11.3 Å². The molecule has 4 fully saturated rings. The van der Waals surface area contributed by atoms with Crippen LogP contribution in [0.3, 0.4) is 0 Å². The quantitative estimate of drug-likeness (QED) is 0.207. The van der Waals surface area contributed by atoms with Gasteiger partial charge in [0, 0.05) is 35.7 Å². The van der Waals surface area contributed by atoms with E-state index in [1.54, 1.807) is 39.0 Å². The molecular formula is C44H58N6O8S2. The van der Waals surface area contributed by atoms with Crippen molar-refractivity contribution < 1.29 is 37.1 Å². The number of thiazole rings is 1. The number of amides is 3. The lowest BCUT2D eigenvalue weighted by molar-refractivity contribution is -0.140. The zero-order valence-corrected chi connectivity index (χ0v) is 37.1. The number of sulfonamides is 1. The Labute approximate surface area is 356 Å². The number of hydrogen-bond acceptors (Lipinski definition) is 11. The molecule has 0 radical (unpaired) electrons. The summed E-state index contributed by atoms with van der Waals surface area (Å²) in [7, 11) is -3.96. The summed E-state index contributed by atoms with van der Waals surface area (Å²) in [6, 6.07) is 4.31. The number of rotatable bonds is 9. The molecule has 4 heterocycles. The maximum Gasteiger partial charge on any atom is 0.408 e. The van der Waals surface area contributed by atoms with Gasteiger partial charge >= 0.3 is 6.09 Å². The van der Waals surface area contributed by atoms with Gasteiger partial charge < -0.3 is 19.7 Å². The molecule has 2 aromatic heterocycles. The first-order chi connectivity index (χ1) is 28.4. The van der Waals surface area contributed by atoms with E-state index in [0.717, 1.165) is 59.4 Å². The summed E-state index contributed by atoms with van der Waals surface area (Å²) < 4.78 is 42.2. The molecular weight excluding hydrogens is 805 g/mol. The van der Waals surface area contributed by atoms with Crippen LogP contribution >= 0.6 is 11.3 Å². The van der Waals surface area contributed by atoms with Crippen LogP contribution in [-0.4, -0.2) is 86.6 Å². The van der Waals surface area contributed by atoms with Crippen LogP contribution in [0, 0.1) is 11.3 Å². The lowest BCUT2D eigenvalue weighted by atomic mass is 9.91. The highest BCUT2D eigenvalue weighted by Gasteiger charge is 2.62. The standard InChI is InChI=1S/C44H58N6O8S2/c1-26(2)50-33-16-12-14-30(32-25-59-37(45-32)27-17-18-27)36(33)47-40(50)57-29-21-34-35(51)23-44(39(53)48-60(55,56)43(6)19-20-43)22-28(44)13-10-8-7-9-11-15-31(38(52)49(34)24-29)46-41(54)58-42(3,4)5/h10,12-14,16,25-29,31,34H,7-9,11,15,17-24H2,1-6H3,(H,46,54)(H,48,53)/b13-10-/t28-,29-,31+,34+,44-/m1/s1. The van der Waals surface area contributed by atoms with Crippen LogP contribution in [0.25, 0.3) is 22.3 Å². The monoisotopic (exact) mass is 862 g/mol. The predicted molar refractivity (Wildman–Crippen MR) is 228 cm³/mol. The number of hydrogen-bond donors (Lipinski definition) is 2. The van der Waals surface area contributed by atoms with E-state index in [9.17, 15) is 27.6 Å². The minimum Gasteiger partial charge on any atom is -0.459 e. The van der Waals surface area contributed by atoms with Crippen molar-refractivity contribution in [2.45, 2.75) is 159 Å². The number of carbonyl (C=O) groups is 4. The molecule has 0 bridgehead atoms. The Morgan fingerprint density at radius 3 is 2.52 bits per heavy atom. The molecule has 0 unspecified atom stereocenters. The number of ketones is 1. The van der Waals surface area contributed by atoms with E-state index in [-0.39, 0.29) is 37.1 Å². The fraction of sp³-hybridized carbons (Fsp3) is 0.636. The summed E-state index contributed by atoms with van der Waals surface area (Å²) in [6.45, 7) is 11.0. The molecule has 2 N–H and O–H groups in total. The van der Waals surface area contributed by atoms with E-state index < -0.39 is 61.9 Å². The van der Waals surface area contributed by atoms with Crippen LogP contribution in [0.1, 0.15) is 136 Å². The van der Waals surface area contributed by atoms with Gasteiger partial charge in [-0.15, -0.1) is 11.3 Å². The number of carbonyl (C=O) groups excluding carboxylic acids is 4. The topological polar surface area (TPSA) is 179 Å². The molecule has 0 spiro atoms. The third-order valence-corrected chi connectivity index (χ3v) is 15.9. The minimum absolute atomic E-state index is 0.0298. The Hall–Kier alpha value is -4.31. The smallest absolute Gasteiger partial charge is 0.408 e. The largest absolute Gasteiger partial charge is 0.459 e. The van der Waals surface area contributed by atoms with E-state index in [2.05, 4.69) is 15.4 Å². The van der Waals surface area contributed by atoms with E-state index in [0.29, 0.717) is 44.0 Å². The Morgan fingerprint density at radius 2 is 1.82 bits per heavy atom. The molecule has 1 aromatic carbocycles. The van der Waals surface area contributed by atoms with Crippen LogP contribution < -0.4 is 14.8 Å². The van der Waals surface area contributed by atoms with Gasteiger partial charge in [-0.05, 0) is 105 Å². The normalized spacial score (nSPS) is 27.7. The highest BCUT2D eigenvalue weighted by Crippen LogP contribution is 2.57. The summed E-state index contributed by atoms with van der Waals surface area (Å²) in [4.78, 5) is 68.2. The SMILES string of the molecule is CC(C)n1c(O[C@@H]2C[C@H]3C(=O)C[C@]4(C(=O)NS(=O)(=O)C5(C)CC5)C[C@H]4/C=C\CCCCC[C@H](NC(=O)OC(C)(C)C)C(=O)N3C2)nc2c(-c3csc(C4CC4)n3)cccc21. The maximum absolute atomic E-state index is 14.7. The highest BCUT2D eigenvalue weighted by molar-refractivity contribution is 7.91. The van der Waals surface area contributed by atoms with Gasteiger partial charge in [-0.25, -0.2) is 18.2 Å². The van der Waals surface area contributed by atoms with Gasteiger partial charge in [-0.1, -0.05) is 37.1 Å². The number of fused-ring (bicyclic) bond motifs is 3. The molecule has 3 aromatic rings. The molecule has 1 saturated heterocycles. The van der Waals surface area contributed by atoms with Crippen LogP contribution in [0.2, 0.25) is 0 Å². The van der Waals surface area contributed by atoms with Crippen molar-refractivity contribution in [2.75, 3.05) is 6.54 Å². The number of nitrogens with zero attached hydrogens (tertiary/aromatic N) is 4. The van der Waals surface area contributed by atoms with E-state index in [4.69, 9.17) is 19.4 Å². The lowest BCUT2D eigenvalue weighted by Gasteiger charge is -2.30. The Balaban J connectivity index is 1.12. The van der Waals surface area contributed by atoms with Gasteiger partial charge in [0.25, 0.3) is 6.01 Å². The molecule has 5 aliphatic rings. The number of nitrogens with one attached hydrogen (secondary N) is 2. The molecule has 14 nitrogen and oxygen atoms in total. The Kier molecular flexibility index (Phi) is 11.2. The molecule has 2 aliphatic heterocycles. The van der Waals surface area contributed by atoms with Gasteiger partial charge in [0.1, 0.15) is 23.3 Å². The van der Waals surface area contributed by atoms with Crippen molar-refractivity contribution in [1.29, 1.82) is 0 Å². The zero-order valence-electron chi connectivity index (χ0n) is 35.5. The molecule has 3 amide bonds. The van der Waals surface area contributed by atoms with Crippen molar-refractivity contribution in [3.63, 3.8) is 0 Å². The molecule has 16 heteroatoms. The first-order valence-electron chi connectivity index (χ1n) is 21.6. The molecule has 324 valence electrons. The fourth-order valence-electron chi connectivity index (χ4n) is 8.70. The van der Waals surface area contributed by atoms with Crippen LogP contribution in [0.4, 0.5) is 4.79 Å². The van der Waals surface area contributed by atoms with Crippen molar-refractivity contribution in [3.05, 3.63) is 40.7 Å². The van der Waals surface area contributed by atoms with Crippen molar-refractivity contribution in [3.8, 4) is 17.3 Å². The number of para-hydroxylation sites is 1. The number of alkyl carbamates (subject to hydrolysis) is 1. The van der Waals surface area contributed by atoms with Crippen LogP contribution in [0.15, 0.2) is 35.7 Å². The first kappa shape index (κ1) is 42.4. The number of aromatic nitrogens is 3. The van der Waals surface area contributed by atoms with Crippen molar-refractivity contribution >= 4 is 56.1 Å². The summed E-state index contributed by atoms with van der Waals surface area (Å²) >= 11 is 1.67. The fourth-order valence-corrected chi connectivity index (χ4v) is 11.0. The molecule has 60 heavy (non-hydrogen) atoms. The number of Topliss-reactive ketones (excluding diaryl/α,β-unsaturated/α-hetero) is 1. The van der Waals surface area contributed by atoms with Gasteiger partial charge in [-0.3, -0.25) is 23.7 Å². The zero-order chi connectivity index (χ0) is 42.8. The average Bonchev–Trinajstić information content (AvgIpc) is 4.13. The summed E-state index contributed by atoms with van der Waals surface area (Å²) in [5, 5.41) is 6.02. The average molecular weight is 863 g/mol. The van der Waals surface area contributed by atoms with Gasteiger partial charge in [0.2, 0.25) is 21.8 Å². The Bertz CT molecular complexity index is 2320. The van der Waals surface area contributed by atoms with E-state index in [1.165, 1.54) is 4.90 Å². The summed E-state index contributed by atoms with van der Waals surface area (Å²) in [6.07, 6.45) is 9.24. The van der Waals surface area contributed by atoms with Crippen LogP contribution in [-0.2, 0) is 29.1 Å². The van der Waals surface area contributed by atoms with E-state index in [1.807, 2.05) is 48.8 Å². The summed E-state index contributed by atoms with van der Waals surface area (Å²) in [5.41, 5.74) is 1.30. The number of imidazole rings is 1. The molecule has 3 aliphatic carbocycles. The minimum atomic E-state index is -3.96. The first-order valence-corrected chi connectivity index (χ1v) is 23.9. The summed E-state index contributed by atoms with van der Waals surface area (Å²) in [5.74, 6) is -1.28. The molecule has 3 saturated carbocycles. The second-order valence-electron chi connectivity index (χ2n) is 19.1. The highest BCUT2D eigenvalue weighted by atomic mass is 32.2. The third kappa shape index (κ3) is 8.59. The predicted octanol–water partition coefficient (Wildman–Crippen LogP) is 7.34. The molecule has 5 atom stereocenters. The second kappa shape index (κ2) is 15.9.